The first-order valence-electron chi connectivity index (χ1n) is 9.71. The van der Waals surface area contributed by atoms with Crippen LogP contribution in [0.25, 0.3) is 5.76 Å². The number of Topliss-reactive ketones (excluding diaryl/α,β-unsaturated/α-hetero) is 1. The van der Waals surface area contributed by atoms with Gasteiger partial charge in [0.2, 0.25) is 0 Å². The van der Waals surface area contributed by atoms with E-state index in [1.165, 1.54) is 24.1 Å². The summed E-state index contributed by atoms with van der Waals surface area (Å²) in [7, 11) is 1.53. The Labute approximate surface area is 179 Å². The number of nitrogens with zero attached hydrogens (tertiary/aromatic N) is 1. The van der Waals surface area contributed by atoms with Gasteiger partial charge in [-0.25, -0.2) is 0 Å². The molecule has 0 bridgehead atoms. The molecule has 3 aromatic rings. The Morgan fingerprint density at radius 2 is 1.68 bits per heavy atom. The van der Waals surface area contributed by atoms with Crippen LogP contribution in [-0.2, 0) is 9.59 Å². The van der Waals surface area contributed by atoms with E-state index in [2.05, 4.69) is 0 Å². The lowest BCUT2D eigenvalue weighted by molar-refractivity contribution is -0.132. The second-order valence-corrected chi connectivity index (χ2v) is 7.33. The molecule has 31 heavy (non-hydrogen) atoms. The van der Waals surface area contributed by atoms with Crippen molar-refractivity contribution >= 4 is 23.1 Å². The Balaban J connectivity index is 1.94. The third-order valence-electron chi connectivity index (χ3n) is 5.27. The molecule has 0 spiro atoms. The molecule has 1 aliphatic heterocycles. The summed E-state index contributed by atoms with van der Waals surface area (Å²) in [5.41, 5.74) is 2.31. The third-order valence-corrected chi connectivity index (χ3v) is 5.27. The van der Waals surface area contributed by atoms with Crippen molar-refractivity contribution < 1.29 is 24.5 Å². The van der Waals surface area contributed by atoms with E-state index in [0.717, 1.165) is 5.56 Å². The molecule has 1 unspecified atom stereocenters. The van der Waals surface area contributed by atoms with E-state index in [1.54, 1.807) is 54.6 Å². The van der Waals surface area contributed by atoms with Crippen molar-refractivity contribution in [1.82, 2.24) is 0 Å². The number of aryl methyl sites for hydroxylation is 1. The SMILES string of the molecule is COc1ccc(/C(O)=C2\C(=O)C(=O)N(c3cccc(C)c3)C2c2cccc(O)c2)cc1. The van der Waals surface area contributed by atoms with Crippen molar-refractivity contribution in [3.05, 3.63) is 95.1 Å². The van der Waals surface area contributed by atoms with Crippen LogP contribution in [0.15, 0.2) is 78.4 Å². The zero-order valence-electron chi connectivity index (χ0n) is 17.1. The van der Waals surface area contributed by atoms with Crippen LogP contribution in [0, 0.1) is 6.92 Å². The summed E-state index contributed by atoms with van der Waals surface area (Å²) in [5.74, 6) is -1.22. The quantitative estimate of drug-likeness (QED) is 0.376. The number of aliphatic hydroxyl groups is 1. The largest absolute Gasteiger partial charge is 0.508 e. The Hall–Kier alpha value is -4.06. The molecule has 156 valence electrons. The topological polar surface area (TPSA) is 87.1 Å². The standard InChI is InChI=1S/C25H21NO5/c1-15-5-3-7-18(13-15)26-22(17-6-4-8-19(27)14-17)21(24(29)25(26)30)23(28)16-9-11-20(31-2)12-10-16/h3-14,22,27-28H,1-2H3/b23-21+. The van der Waals surface area contributed by atoms with Gasteiger partial charge in [0, 0.05) is 11.3 Å². The minimum Gasteiger partial charge on any atom is -0.508 e. The summed E-state index contributed by atoms with van der Waals surface area (Å²) < 4.78 is 5.15. The molecule has 3 aromatic carbocycles. The molecular formula is C25H21NO5. The zero-order chi connectivity index (χ0) is 22.1. The van der Waals surface area contributed by atoms with Crippen LogP contribution in [-0.4, -0.2) is 29.0 Å². The fraction of sp³-hybridized carbons (Fsp3) is 0.120. The first kappa shape index (κ1) is 20.2. The molecule has 0 saturated carbocycles. The van der Waals surface area contributed by atoms with E-state index in [0.29, 0.717) is 22.6 Å². The number of ether oxygens (including phenoxy) is 1. The number of rotatable bonds is 4. The van der Waals surface area contributed by atoms with Crippen molar-refractivity contribution in [3.8, 4) is 11.5 Å². The van der Waals surface area contributed by atoms with E-state index in [-0.39, 0.29) is 17.1 Å². The maximum atomic E-state index is 13.1. The summed E-state index contributed by atoms with van der Waals surface area (Å²) in [4.78, 5) is 27.5. The molecule has 1 amide bonds. The highest BCUT2D eigenvalue weighted by atomic mass is 16.5. The normalized spacial score (nSPS) is 17.7. The van der Waals surface area contributed by atoms with Crippen LogP contribution in [0.5, 0.6) is 11.5 Å². The van der Waals surface area contributed by atoms with Gasteiger partial charge in [-0.2, -0.15) is 0 Å². The van der Waals surface area contributed by atoms with Gasteiger partial charge in [0.15, 0.2) is 0 Å². The number of carbonyl (C=O) groups excluding carboxylic acids is 2. The Kier molecular flexibility index (Phi) is 5.21. The second-order valence-electron chi connectivity index (χ2n) is 7.33. The number of ketones is 1. The van der Waals surface area contributed by atoms with Gasteiger partial charge < -0.3 is 14.9 Å². The van der Waals surface area contributed by atoms with E-state index in [4.69, 9.17) is 4.74 Å². The smallest absolute Gasteiger partial charge is 0.300 e. The van der Waals surface area contributed by atoms with Gasteiger partial charge in [-0.05, 0) is 66.6 Å². The fourth-order valence-electron chi connectivity index (χ4n) is 3.79. The maximum Gasteiger partial charge on any atom is 0.300 e. The zero-order valence-corrected chi connectivity index (χ0v) is 17.1. The number of anilines is 1. The number of amides is 1. The van der Waals surface area contributed by atoms with Gasteiger partial charge in [0.25, 0.3) is 11.7 Å². The number of benzene rings is 3. The van der Waals surface area contributed by atoms with E-state index in [9.17, 15) is 19.8 Å². The maximum absolute atomic E-state index is 13.1. The molecule has 0 aliphatic carbocycles. The molecular weight excluding hydrogens is 394 g/mol. The molecule has 6 heteroatoms. The number of methoxy groups -OCH3 is 1. The Morgan fingerprint density at radius 3 is 2.32 bits per heavy atom. The monoisotopic (exact) mass is 415 g/mol. The van der Waals surface area contributed by atoms with Crippen LogP contribution in [0.1, 0.15) is 22.7 Å². The van der Waals surface area contributed by atoms with Gasteiger partial charge >= 0.3 is 0 Å². The van der Waals surface area contributed by atoms with Crippen LogP contribution in [0.4, 0.5) is 5.69 Å². The number of aliphatic hydroxyl groups excluding tert-OH is 1. The minimum atomic E-state index is -0.893. The van der Waals surface area contributed by atoms with E-state index in [1.807, 2.05) is 13.0 Å². The van der Waals surface area contributed by atoms with Gasteiger partial charge in [0.05, 0.1) is 18.7 Å². The molecule has 1 saturated heterocycles. The molecule has 1 atom stereocenters. The number of hydrogen-bond donors (Lipinski definition) is 2. The molecule has 4 rings (SSSR count). The van der Waals surface area contributed by atoms with Gasteiger partial charge in [-0.15, -0.1) is 0 Å². The van der Waals surface area contributed by atoms with Gasteiger partial charge in [-0.1, -0.05) is 24.3 Å². The van der Waals surface area contributed by atoms with E-state index < -0.39 is 17.7 Å². The molecule has 1 aliphatic rings. The predicted octanol–water partition coefficient (Wildman–Crippen LogP) is 4.34. The van der Waals surface area contributed by atoms with Crippen LogP contribution >= 0.6 is 0 Å². The summed E-state index contributed by atoms with van der Waals surface area (Å²) >= 11 is 0. The fourth-order valence-corrected chi connectivity index (χ4v) is 3.79. The average molecular weight is 415 g/mol. The summed E-state index contributed by atoms with van der Waals surface area (Å²) in [6.45, 7) is 1.89. The van der Waals surface area contributed by atoms with Crippen LogP contribution in [0.3, 0.4) is 0 Å². The van der Waals surface area contributed by atoms with E-state index >= 15 is 0 Å². The molecule has 1 fully saturated rings. The Bertz CT molecular complexity index is 1200. The van der Waals surface area contributed by atoms with Gasteiger partial charge in [0.1, 0.15) is 17.3 Å². The highest BCUT2D eigenvalue weighted by Gasteiger charge is 2.47. The minimum absolute atomic E-state index is 0.00298. The highest BCUT2D eigenvalue weighted by molar-refractivity contribution is 6.51. The first-order valence-corrected chi connectivity index (χ1v) is 9.71. The van der Waals surface area contributed by atoms with Gasteiger partial charge in [-0.3, -0.25) is 14.5 Å². The molecule has 2 N–H and O–H groups in total. The molecule has 0 aromatic heterocycles. The molecule has 1 heterocycles. The Morgan fingerprint density at radius 1 is 0.968 bits per heavy atom. The predicted molar refractivity (Wildman–Crippen MR) is 117 cm³/mol. The number of phenolic OH excluding ortho intramolecular Hbond substituents is 1. The first-order chi connectivity index (χ1) is 14.9. The lowest BCUT2D eigenvalue weighted by Gasteiger charge is -2.25. The van der Waals surface area contributed by atoms with Crippen molar-refractivity contribution in [2.45, 2.75) is 13.0 Å². The second kappa shape index (κ2) is 7.99. The van der Waals surface area contributed by atoms with Crippen molar-refractivity contribution in [2.24, 2.45) is 0 Å². The summed E-state index contributed by atoms with van der Waals surface area (Å²) in [5, 5.41) is 21.1. The number of carbonyl (C=O) groups is 2. The average Bonchev–Trinajstić information content (AvgIpc) is 3.04. The number of aromatic hydroxyl groups is 1. The third kappa shape index (κ3) is 3.64. The molecule has 6 nitrogen and oxygen atoms in total. The summed E-state index contributed by atoms with van der Waals surface area (Å²) in [6, 6.07) is 19.2. The lowest BCUT2D eigenvalue weighted by atomic mass is 9.95. The van der Waals surface area contributed by atoms with Crippen LogP contribution < -0.4 is 9.64 Å². The highest BCUT2D eigenvalue weighted by Crippen LogP contribution is 2.42. The van der Waals surface area contributed by atoms with Crippen molar-refractivity contribution in [3.63, 3.8) is 0 Å². The molecule has 0 radical (unpaired) electrons. The van der Waals surface area contributed by atoms with Crippen molar-refractivity contribution in [2.75, 3.05) is 12.0 Å². The number of phenols is 1. The van der Waals surface area contributed by atoms with Crippen LogP contribution in [0.2, 0.25) is 0 Å². The van der Waals surface area contributed by atoms with Crippen molar-refractivity contribution in [1.29, 1.82) is 0 Å². The summed E-state index contributed by atoms with van der Waals surface area (Å²) in [6.07, 6.45) is 0. The lowest BCUT2D eigenvalue weighted by Crippen LogP contribution is -2.29. The number of hydrogen-bond acceptors (Lipinski definition) is 5.